The summed E-state index contributed by atoms with van der Waals surface area (Å²) >= 11 is 0. The van der Waals surface area contributed by atoms with Gasteiger partial charge in [-0.15, -0.1) is 0 Å². The molecule has 0 atom stereocenters. The first-order valence-corrected chi connectivity index (χ1v) is 9.02. The molecule has 3 rings (SSSR count). The lowest BCUT2D eigenvalue weighted by molar-refractivity contribution is -0.386. The van der Waals surface area contributed by atoms with Crippen molar-refractivity contribution < 1.29 is 13.3 Å². The molecule has 9 nitrogen and oxygen atoms in total. The normalized spacial score (nSPS) is 11.3. The number of benzene rings is 2. The van der Waals surface area contributed by atoms with Crippen molar-refractivity contribution in [1.82, 2.24) is 9.55 Å². The van der Waals surface area contributed by atoms with Crippen LogP contribution in [0.3, 0.4) is 0 Å². The van der Waals surface area contributed by atoms with E-state index in [4.69, 9.17) is 5.14 Å². The van der Waals surface area contributed by atoms with E-state index >= 15 is 0 Å². The van der Waals surface area contributed by atoms with E-state index in [1.807, 2.05) is 35.0 Å². The number of nitrogens with zero attached hydrogens (tertiary/aromatic N) is 3. The minimum absolute atomic E-state index is 0.0835. The zero-order valence-electron chi connectivity index (χ0n) is 13.4. The molecule has 0 unspecified atom stereocenters. The maximum atomic E-state index is 11.6. The molecule has 10 heteroatoms. The van der Waals surface area contributed by atoms with Gasteiger partial charge in [0.25, 0.3) is 0 Å². The average molecular weight is 373 g/mol. The van der Waals surface area contributed by atoms with Crippen molar-refractivity contribution in [2.24, 2.45) is 5.14 Å². The molecule has 0 saturated carbocycles. The first-order chi connectivity index (χ1) is 12.4. The summed E-state index contributed by atoms with van der Waals surface area (Å²) in [6, 6.07) is 11.4. The van der Waals surface area contributed by atoms with Crippen molar-refractivity contribution in [2.45, 2.75) is 11.4 Å². The Kier molecular flexibility index (Phi) is 4.69. The summed E-state index contributed by atoms with van der Waals surface area (Å²) < 4.78 is 25.0. The molecule has 1 heterocycles. The van der Waals surface area contributed by atoms with Gasteiger partial charge in [-0.2, -0.15) is 0 Å². The van der Waals surface area contributed by atoms with Gasteiger partial charge < -0.3 is 9.88 Å². The summed E-state index contributed by atoms with van der Waals surface area (Å²) in [6.07, 6.45) is 5.16. The van der Waals surface area contributed by atoms with Gasteiger partial charge in [-0.25, -0.2) is 18.5 Å². The second-order valence-electron chi connectivity index (χ2n) is 5.44. The average Bonchev–Trinajstić information content (AvgIpc) is 3.13. The van der Waals surface area contributed by atoms with Crippen LogP contribution in [0.2, 0.25) is 0 Å². The van der Waals surface area contributed by atoms with Gasteiger partial charge in [-0.1, -0.05) is 18.2 Å². The predicted octanol–water partition coefficient (Wildman–Crippen LogP) is 2.04. The van der Waals surface area contributed by atoms with Crippen LogP contribution >= 0.6 is 0 Å². The first kappa shape index (κ1) is 17.6. The molecule has 0 amide bonds. The predicted molar refractivity (Wildman–Crippen MR) is 95.4 cm³/mol. The summed E-state index contributed by atoms with van der Waals surface area (Å²) in [4.78, 5) is 14.0. The maximum absolute atomic E-state index is 11.6. The van der Waals surface area contributed by atoms with Gasteiger partial charge in [0.05, 0.1) is 11.3 Å². The van der Waals surface area contributed by atoms with Gasteiger partial charge in [0.15, 0.2) is 4.90 Å². The quantitative estimate of drug-likeness (QED) is 0.502. The molecule has 0 spiro atoms. The number of imidazole rings is 1. The Hall–Kier alpha value is -3.24. The molecule has 3 aromatic rings. The van der Waals surface area contributed by atoms with Crippen molar-refractivity contribution >= 4 is 21.4 Å². The Morgan fingerprint density at radius 3 is 2.50 bits per heavy atom. The third-order valence-corrected chi connectivity index (χ3v) is 4.65. The van der Waals surface area contributed by atoms with E-state index in [1.54, 1.807) is 12.5 Å². The zero-order chi connectivity index (χ0) is 18.7. The fourth-order valence-corrected chi connectivity index (χ4v) is 3.20. The van der Waals surface area contributed by atoms with Gasteiger partial charge in [-0.3, -0.25) is 10.1 Å². The number of primary sulfonamides is 1. The lowest BCUT2D eigenvalue weighted by Gasteiger charge is -2.10. The monoisotopic (exact) mass is 373 g/mol. The molecule has 1 aromatic heterocycles. The van der Waals surface area contributed by atoms with Gasteiger partial charge in [0.2, 0.25) is 10.0 Å². The summed E-state index contributed by atoms with van der Waals surface area (Å²) in [5, 5.41) is 19.3. The van der Waals surface area contributed by atoms with Crippen LogP contribution in [0.4, 0.5) is 11.4 Å². The van der Waals surface area contributed by atoms with Gasteiger partial charge in [0.1, 0.15) is 5.69 Å². The third-order valence-electron chi connectivity index (χ3n) is 3.71. The second-order valence-corrected chi connectivity index (χ2v) is 6.97. The number of aromatic nitrogens is 2. The molecule has 0 fully saturated rings. The van der Waals surface area contributed by atoms with Crippen molar-refractivity contribution in [3.63, 3.8) is 0 Å². The van der Waals surface area contributed by atoms with E-state index in [2.05, 4.69) is 10.3 Å². The van der Waals surface area contributed by atoms with E-state index in [1.165, 1.54) is 12.1 Å². The van der Waals surface area contributed by atoms with Crippen molar-refractivity contribution in [1.29, 1.82) is 0 Å². The minimum atomic E-state index is -4.21. The van der Waals surface area contributed by atoms with E-state index < -0.39 is 25.5 Å². The van der Waals surface area contributed by atoms with Crippen LogP contribution in [0.25, 0.3) is 5.69 Å². The van der Waals surface area contributed by atoms with Gasteiger partial charge in [0, 0.05) is 24.6 Å². The van der Waals surface area contributed by atoms with E-state index in [9.17, 15) is 18.5 Å². The highest BCUT2D eigenvalue weighted by molar-refractivity contribution is 7.89. The topological polar surface area (TPSA) is 133 Å². The molecule has 3 N–H and O–H groups in total. The number of nitrogens with two attached hydrogens (primary N) is 1. The number of sulfonamides is 1. The van der Waals surface area contributed by atoms with Crippen LogP contribution in [0, 0.1) is 10.1 Å². The Balaban J connectivity index is 1.83. The highest BCUT2D eigenvalue weighted by Gasteiger charge is 2.26. The molecule has 0 aliphatic carbocycles. The maximum Gasteiger partial charge on any atom is 0.312 e. The Morgan fingerprint density at radius 1 is 1.19 bits per heavy atom. The van der Waals surface area contributed by atoms with E-state index in [0.29, 0.717) is 0 Å². The fraction of sp³-hybridized carbons (Fsp3) is 0.0625. The van der Waals surface area contributed by atoms with E-state index in [-0.39, 0.29) is 12.2 Å². The highest BCUT2D eigenvalue weighted by atomic mass is 32.2. The number of para-hydroxylation sites is 1. The standard InChI is InChI=1S/C16H15N5O4S/c17-26(24,25)15-3-1-2-14(16(15)21(22)23)19-10-12-4-6-13(7-5-12)20-9-8-18-11-20/h1-9,11,19H,10H2,(H2,17,24,25). The van der Waals surface area contributed by atoms with E-state index in [0.717, 1.165) is 17.3 Å². The first-order valence-electron chi connectivity index (χ1n) is 7.47. The summed E-state index contributed by atoms with van der Waals surface area (Å²) in [7, 11) is -4.21. The van der Waals surface area contributed by atoms with Crippen LogP contribution in [0.15, 0.2) is 66.1 Å². The van der Waals surface area contributed by atoms with Crippen LogP contribution in [0.5, 0.6) is 0 Å². The number of hydrogen-bond donors (Lipinski definition) is 2. The van der Waals surface area contributed by atoms with Crippen LogP contribution < -0.4 is 10.5 Å². The SMILES string of the molecule is NS(=O)(=O)c1cccc(NCc2ccc(-n3ccnc3)cc2)c1[N+](=O)[O-]. The van der Waals surface area contributed by atoms with Crippen molar-refractivity contribution in [2.75, 3.05) is 5.32 Å². The summed E-state index contributed by atoms with van der Waals surface area (Å²) in [6.45, 7) is 0.277. The molecule has 0 radical (unpaired) electrons. The Labute approximate surface area is 149 Å². The lowest BCUT2D eigenvalue weighted by atomic mass is 10.2. The highest BCUT2D eigenvalue weighted by Crippen LogP contribution is 2.31. The summed E-state index contributed by atoms with van der Waals surface area (Å²) in [5.41, 5.74) is 1.31. The molecule has 26 heavy (non-hydrogen) atoms. The second kappa shape index (κ2) is 6.94. The van der Waals surface area contributed by atoms with Crippen LogP contribution in [-0.2, 0) is 16.6 Å². The number of nitrogens with one attached hydrogen (secondary N) is 1. The Morgan fingerprint density at radius 2 is 1.92 bits per heavy atom. The van der Waals surface area contributed by atoms with Crippen molar-refractivity contribution in [3.05, 3.63) is 76.9 Å². The van der Waals surface area contributed by atoms with Gasteiger partial charge in [-0.05, 0) is 29.8 Å². The molecule has 0 aliphatic heterocycles. The molecule has 134 valence electrons. The molecular weight excluding hydrogens is 358 g/mol. The fourth-order valence-electron chi connectivity index (χ4n) is 2.48. The third kappa shape index (κ3) is 3.71. The van der Waals surface area contributed by atoms with Crippen LogP contribution in [0.1, 0.15) is 5.56 Å². The molecule has 0 bridgehead atoms. The lowest BCUT2D eigenvalue weighted by Crippen LogP contribution is -2.15. The molecule has 0 aliphatic rings. The van der Waals surface area contributed by atoms with Gasteiger partial charge >= 0.3 is 5.69 Å². The zero-order valence-corrected chi connectivity index (χ0v) is 14.3. The van der Waals surface area contributed by atoms with Crippen molar-refractivity contribution in [3.8, 4) is 5.69 Å². The number of rotatable bonds is 6. The molecule has 2 aromatic carbocycles. The number of anilines is 1. The largest absolute Gasteiger partial charge is 0.375 e. The number of hydrogen-bond acceptors (Lipinski definition) is 6. The minimum Gasteiger partial charge on any atom is -0.375 e. The smallest absolute Gasteiger partial charge is 0.312 e. The molecule has 0 saturated heterocycles. The summed E-state index contributed by atoms with van der Waals surface area (Å²) in [5.74, 6) is 0. The number of nitro groups is 1. The van der Waals surface area contributed by atoms with Crippen LogP contribution in [-0.4, -0.2) is 22.9 Å². The number of nitro benzene ring substituents is 1. The Bertz CT molecular complexity index is 1030. The molecular formula is C16H15N5O4S.